The molecule has 1 aromatic rings. The van der Waals surface area contributed by atoms with E-state index < -0.39 is 0 Å². The molecule has 0 saturated carbocycles. The fraction of sp³-hybridized carbons (Fsp3) is 0.625. The number of hydrogen-bond donors (Lipinski definition) is 1. The van der Waals surface area contributed by atoms with Gasteiger partial charge in [-0.3, -0.25) is 0 Å². The molecule has 0 unspecified atom stereocenters. The molecule has 0 atom stereocenters. The summed E-state index contributed by atoms with van der Waals surface area (Å²) >= 11 is 1.85. The first-order chi connectivity index (χ1) is 10.3. The highest BCUT2D eigenvalue weighted by atomic mass is 32.2. The van der Waals surface area contributed by atoms with Gasteiger partial charge in [0.2, 0.25) is 0 Å². The quantitative estimate of drug-likeness (QED) is 0.560. The number of ether oxygens (including phenoxy) is 2. The van der Waals surface area contributed by atoms with Crippen molar-refractivity contribution in [3.05, 3.63) is 18.2 Å². The minimum absolute atomic E-state index is 0.647. The second-order valence-electron chi connectivity index (χ2n) is 4.93. The summed E-state index contributed by atoms with van der Waals surface area (Å²) in [5.41, 5.74) is 0. The zero-order valence-corrected chi connectivity index (χ0v) is 13.9. The van der Waals surface area contributed by atoms with Crippen molar-refractivity contribution in [3.63, 3.8) is 0 Å². The Morgan fingerprint density at radius 1 is 1.10 bits per heavy atom. The summed E-state index contributed by atoms with van der Waals surface area (Å²) in [6, 6.07) is 6.19. The van der Waals surface area contributed by atoms with E-state index >= 15 is 0 Å². The topological polar surface area (TPSA) is 33.7 Å². The van der Waals surface area contributed by atoms with Gasteiger partial charge in [0.1, 0.15) is 13.2 Å². The molecule has 1 aliphatic heterocycles. The van der Waals surface area contributed by atoms with Gasteiger partial charge in [0.25, 0.3) is 0 Å². The number of rotatable bonds is 9. The molecule has 2 rings (SSSR count). The minimum atomic E-state index is 0.647. The standard InChI is InChI=1S/C16H26N2O2S/c1-3-18(4-2)9-7-17-8-12-21-14-5-6-15-16(13-14)20-11-10-19-15/h5-6,13,17H,3-4,7-12H2,1-2H3. The summed E-state index contributed by atoms with van der Waals surface area (Å²) in [4.78, 5) is 3.67. The fourth-order valence-electron chi connectivity index (χ4n) is 2.26. The maximum absolute atomic E-state index is 5.60. The van der Waals surface area contributed by atoms with Crippen LogP contribution >= 0.6 is 11.8 Å². The molecule has 1 aromatic carbocycles. The Morgan fingerprint density at radius 3 is 2.62 bits per heavy atom. The summed E-state index contributed by atoms with van der Waals surface area (Å²) in [6.07, 6.45) is 0. The molecule has 21 heavy (non-hydrogen) atoms. The summed E-state index contributed by atoms with van der Waals surface area (Å²) in [5, 5.41) is 3.50. The van der Waals surface area contributed by atoms with Crippen LogP contribution in [0.3, 0.4) is 0 Å². The molecule has 0 bridgehead atoms. The van der Waals surface area contributed by atoms with Gasteiger partial charge in [-0.15, -0.1) is 11.8 Å². The number of fused-ring (bicyclic) bond motifs is 1. The number of nitrogens with zero attached hydrogens (tertiary/aromatic N) is 1. The number of likely N-dealkylation sites (N-methyl/N-ethyl adjacent to an activating group) is 1. The number of nitrogens with one attached hydrogen (secondary N) is 1. The SMILES string of the molecule is CCN(CC)CCNCCSc1ccc2c(c1)OCCO2. The molecule has 0 radical (unpaired) electrons. The van der Waals surface area contributed by atoms with Gasteiger partial charge in [0, 0.05) is 30.3 Å². The highest BCUT2D eigenvalue weighted by Gasteiger charge is 2.11. The van der Waals surface area contributed by atoms with Crippen molar-refractivity contribution in [2.75, 3.05) is 51.7 Å². The van der Waals surface area contributed by atoms with Crippen LogP contribution in [0.1, 0.15) is 13.8 Å². The van der Waals surface area contributed by atoms with Crippen LogP contribution in [0, 0.1) is 0 Å². The summed E-state index contributed by atoms with van der Waals surface area (Å²) in [5.74, 6) is 2.81. The van der Waals surface area contributed by atoms with Gasteiger partial charge in [-0.05, 0) is 31.3 Å². The molecule has 0 spiro atoms. The Kier molecular flexibility index (Phi) is 7.19. The molecular formula is C16H26N2O2S. The molecule has 1 aliphatic rings. The molecule has 5 heteroatoms. The second-order valence-corrected chi connectivity index (χ2v) is 6.10. The lowest BCUT2D eigenvalue weighted by Gasteiger charge is -2.19. The highest BCUT2D eigenvalue weighted by molar-refractivity contribution is 7.99. The van der Waals surface area contributed by atoms with Crippen LogP contribution in [0.2, 0.25) is 0 Å². The van der Waals surface area contributed by atoms with E-state index in [1.807, 2.05) is 17.8 Å². The molecule has 0 saturated heterocycles. The normalized spacial score (nSPS) is 13.7. The van der Waals surface area contributed by atoms with E-state index in [-0.39, 0.29) is 0 Å². The lowest BCUT2D eigenvalue weighted by atomic mass is 10.3. The lowest BCUT2D eigenvalue weighted by molar-refractivity contribution is 0.171. The molecule has 0 aromatic heterocycles. The number of thioether (sulfide) groups is 1. The second kappa shape index (κ2) is 9.18. The van der Waals surface area contributed by atoms with Gasteiger partial charge in [-0.1, -0.05) is 13.8 Å². The van der Waals surface area contributed by atoms with Gasteiger partial charge in [0.05, 0.1) is 0 Å². The van der Waals surface area contributed by atoms with Crippen molar-refractivity contribution < 1.29 is 9.47 Å². The maximum atomic E-state index is 5.60. The lowest BCUT2D eigenvalue weighted by Crippen LogP contribution is -2.32. The predicted molar refractivity (Wildman–Crippen MR) is 88.8 cm³/mol. The van der Waals surface area contributed by atoms with Crippen LogP contribution in [0.15, 0.2) is 23.1 Å². The zero-order chi connectivity index (χ0) is 14.9. The number of benzene rings is 1. The molecule has 0 amide bonds. The Hall–Kier alpha value is -0.910. The van der Waals surface area contributed by atoms with Crippen LogP contribution in [0.5, 0.6) is 11.5 Å². The maximum Gasteiger partial charge on any atom is 0.162 e. The predicted octanol–water partition coefficient (Wildman–Crippen LogP) is 2.48. The molecular weight excluding hydrogens is 284 g/mol. The summed E-state index contributed by atoms with van der Waals surface area (Å²) in [7, 11) is 0. The monoisotopic (exact) mass is 310 g/mol. The minimum Gasteiger partial charge on any atom is -0.486 e. The molecule has 4 nitrogen and oxygen atoms in total. The van der Waals surface area contributed by atoms with Crippen molar-refractivity contribution in [3.8, 4) is 11.5 Å². The Bertz CT molecular complexity index is 425. The third-order valence-corrected chi connectivity index (χ3v) is 4.56. The third-order valence-electron chi connectivity index (χ3n) is 3.56. The van der Waals surface area contributed by atoms with Crippen LogP contribution in [0.4, 0.5) is 0 Å². The summed E-state index contributed by atoms with van der Waals surface area (Å²) in [6.45, 7) is 11.2. The Balaban J connectivity index is 1.63. The Labute approximate surface area is 132 Å². The van der Waals surface area contributed by atoms with Crippen LogP contribution < -0.4 is 14.8 Å². The van der Waals surface area contributed by atoms with E-state index in [1.165, 1.54) is 4.90 Å². The zero-order valence-electron chi connectivity index (χ0n) is 13.1. The van der Waals surface area contributed by atoms with E-state index in [1.54, 1.807) is 0 Å². The fourth-order valence-corrected chi connectivity index (χ4v) is 3.09. The molecule has 0 aliphatic carbocycles. The Morgan fingerprint density at radius 2 is 1.86 bits per heavy atom. The van der Waals surface area contributed by atoms with E-state index in [2.05, 4.69) is 36.2 Å². The largest absolute Gasteiger partial charge is 0.486 e. The first-order valence-electron chi connectivity index (χ1n) is 7.79. The van der Waals surface area contributed by atoms with Gasteiger partial charge >= 0.3 is 0 Å². The van der Waals surface area contributed by atoms with Crippen LogP contribution in [0.25, 0.3) is 0 Å². The van der Waals surface area contributed by atoms with E-state index in [9.17, 15) is 0 Å². The average Bonchev–Trinajstić information content (AvgIpc) is 2.54. The smallest absolute Gasteiger partial charge is 0.162 e. The van der Waals surface area contributed by atoms with E-state index in [0.29, 0.717) is 13.2 Å². The summed E-state index contributed by atoms with van der Waals surface area (Å²) < 4.78 is 11.1. The third kappa shape index (κ3) is 5.41. The van der Waals surface area contributed by atoms with E-state index in [0.717, 1.165) is 50.0 Å². The molecule has 1 heterocycles. The molecule has 0 fully saturated rings. The van der Waals surface area contributed by atoms with E-state index in [4.69, 9.17) is 9.47 Å². The van der Waals surface area contributed by atoms with Gasteiger partial charge < -0.3 is 19.7 Å². The van der Waals surface area contributed by atoms with Crippen molar-refractivity contribution in [1.82, 2.24) is 10.2 Å². The van der Waals surface area contributed by atoms with Gasteiger partial charge in [0.15, 0.2) is 11.5 Å². The van der Waals surface area contributed by atoms with Crippen LogP contribution in [-0.4, -0.2) is 56.6 Å². The van der Waals surface area contributed by atoms with Gasteiger partial charge in [-0.2, -0.15) is 0 Å². The average molecular weight is 310 g/mol. The first kappa shape index (κ1) is 16.5. The van der Waals surface area contributed by atoms with Crippen molar-refractivity contribution in [2.45, 2.75) is 18.7 Å². The van der Waals surface area contributed by atoms with Gasteiger partial charge in [-0.25, -0.2) is 0 Å². The van der Waals surface area contributed by atoms with Crippen molar-refractivity contribution in [1.29, 1.82) is 0 Å². The molecule has 118 valence electrons. The number of hydrogen-bond acceptors (Lipinski definition) is 5. The van der Waals surface area contributed by atoms with Crippen molar-refractivity contribution in [2.24, 2.45) is 0 Å². The van der Waals surface area contributed by atoms with Crippen LogP contribution in [-0.2, 0) is 0 Å². The molecule has 1 N–H and O–H groups in total. The van der Waals surface area contributed by atoms with Crippen molar-refractivity contribution >= 4 is 11.8 Å². The first-order valence-corrected chi connectivity index (χ1v) is 8.77. The highest BCUT2D eigenvalue weighted by Crippen LogP contribution is 2.33.